The molecule has 10 heteroatoms. The molecule has 0 spiro atoms. The third kappa shape index (κ3) is 3.85. The zero-order valence-electron chi connectivity index (χ0n) is 9.65. The number of hydrogen-bond donors (Lipinski definition) is 2. The standard InChI is InChI=1S/C10H7ClF3N5O/c11-7-17-8(15)19-9(18-7)16-5-3-1-2-4-6(5)20-10(12,13)14/h1-4H,(H3,15,16,17,18,19). The molecule has 1 heterocycles. The second-order valence-corrected chi connectivity index (χ2v) is 3.79. The van der Waals surface area contributed by atoms with Crippen molar-refractivity contribution < 1.29 is 17.9 Å². The summed E-state index contributed by atoms with van der Waals surface area (Å²) in [5.74, 6) is -0.697. The SMILES string of the molecule is Nc1nc(Cl)nc(Nc2ccccc2OC(F)(F)F)n1. The molecule has 0 atom stereocenters. The Hall–Kier alpha value is -2.29. The molecular formula is C10H7ClF3N5O. The van der Waals surface area contributed by atoms with Crippen molar-refractivity contribution >= 4 is 29.2 Å². The highest BCUT2D eigenvalue weighted by Crippen LogP contribution is 2.31. The summed E-state index contributed by atoms with van der Waals surface area (Å²) < 4.78 is 40.6. The summed E-state index contributed by atoms with van der Waals surface area (Å²) >= 11 is 5.57. The molecule has 0 saturated carbocycles. The number of nitrogen functional groups attached to an aromatic ring is 1. The van der Waals surface area contributed by atoms with Crippen molar-refractivity contribution in [3.05, 3.63) is 29.5 Å². The molecule has 0 fully saturated rings. The molecule has 1 aromatic carbocycles. The fourth-order valence-electron chi connectivity index (χ4n) is 1.33. The van der Waals surface area contributed by atoms with Crippen LogP contribution in [0.3, 0.4) is 0 Å². The number of ether oxygens (including phenoxy) is 1. The molecule has 0 amide bonds. The van der Waals surface area contributed by atoms with Gasteiger partial charge in [0.05, 0.1) is 5.69 Å². The van der Waals surface area contributed by atoms with Crippen LogP contribution in [0, 0.1) is 0 Å². The zero-order chi connectivity index (χ0) is 14.8. The molecule has 2 rings (SSSR count). The second-order valence-electron chi connectivity index (χ2n) is 3.46. The first-order valence-corrected chi connectivity index (χ1v) is 5.50. The van der Waals surface area contributed by atoms with E-state index in [1.165, 1.54) is 18.2 Å². The van der Waals surface area contributed by atoms with Gasteiger partial charge in [-0.05, 0) is 23.7 Å². The van der Waals surface area contributed by atoms with Gasteiger partial charge in [0.1, 0.15) is 0 Å². The van der Waals surface area contributed by atoms with Crippen LogP contribution in [0.2, 0.25) is 5.28 Å². The molecule has 0 unspecified atom stereocenters. The first-order valence-electron chi connectivity index (χ1n) is 5.12. The molecule has 0 radical (unpaired) electrons. The van der Waals surface area contributed by atoms with Crippen molar-refractivity contribution in [2.75, 3.05) is 11.1 Å². The monoisotopic (exact) mass is 305 g/mol. The van der Waals surface area contributed by atoms with E-state index in [1.807, 2.05) is 0 Å². The molecule has 0 aliphatic rings. The van der Waals surface area contributed by atoms with E-state index >= 15 is 0 Å². The van der Waals surface area contributed by atoms with Gasteiger partial charge in [0.15, 0.2) is 5.75 Å². The number of aromatic nitrogens is 3. The summed E-state index contributed by atoms with van der Waals surface area (Å²) in [6, 6.07) is 5.40. The lowest BCUT2D eigenvalue weighted by Crippen LogP contribution is -2.18. The minimum absolute atomic E-state index is 0.00601. The molecule has 2 aromatic rings. The Morgan fingerprint density at radius 2 is 1.85 bits per heavy atom. The number of benzene rings is 1. The Labute approximate surface area is 115 Å². The molecule has 3 N–H and O–H groups in total. The predicted molar refractivity (Wildman–Crippen MR) is 65.7 cm³/mol. The van der Waals surface area contributed by atoms with Crippen LogP contribution in [0.5, 0.6) is 5.75 Å². The van der Waals surface area contributed by atoms with Gasteiger partial charge in [-0.2, -0.15) is 15.0 Å². The van der Waals surface area contributed by atoms with Crippen molar-refractivity contribution in [2.45, 2.75) is 6.36 Å². The highest BCUT2D eigenvalue weighted by atomic mass is 35.5. The number of anilines is 3. The van der Waals surface area contributed by atoms with Gasteiger partial charge in [0.2, 0.25) is 17.2 Å². The average Bonchev–Trinajstić information content (AvgIpc) is 2.28. The van der Waals surface area contributed by atoms with Crippen molar-refractivity contribution in [1.29, 1.82) is 0 Å². The van der Waals surface area contributed by atoms with Crippen molar-refractivity contribution in [1.82, 2.24) is 15.0 Å². The lowest BCUT2D eigenvalue weighted by molar-refractivity contribution is -0.274. The number of rotatable bonds is 3. The maximum atomic E-state index is 12.3. The van der Waals surface area contributed by atoms with E-state index < -0.39 is 12.1 Å². The summed E-state index contributed by atoms with van der Waals surface area (Å²) in [5, 5.41) is 2.34. The van der Waals surface area contributed by atoms with Crippen LogP contribution < -0.4 is 15.8 Å². The van der Waals surface area contributed by atoms with E-state index in [1.54, 1.807) is 0 Å². The number of para-hydroxylation sites is 2. The van der Waals surface area contributed by atoms with Gasteiger partial charge < -0.3 is 15.8 Å². The third-order valence-corrected chi connectivity index (χ3v) is 2.15. The number of nitrogens with one attached hydrogen (secondary N) is 1. The predicted octanol–water partition coefficient (Wildman–Crippen LogP) is 2.75. The summed E-state index contributed by atoms with van der Waals surface area (Å²) in [7, 11) is 0. The van der Waals surface area contributed by atoms with Gasteiger partial charge in [-0.3, -0.25) is 0 Å². The number of nitrogens with two attached hydrogens (primary N) is 1. The highest BCUT2D eigenvalue weighted by Gasteiger charge is 2.32. The number of nitrogens with zero attached hydrogens (tertiary/aromatic N) is 3. The summed E-state index contributed by atoms with van der Waals surface area (Å²) in [6.45, 7) is 0. The van der Waals surface area contributed by atoms with Crippen molar-refractivity contribution in [2.24, 2.45) is 0 Å². The smallest absolute Gasteiger partial charge is 0.404 e. The number of hydrogen-bond acceptors (Lipinski definition) is 6. The maximum Gasteiger partial charge on any atom is 0.573 e. The lowest BCUT2D eigenvalue weighted by atomic mass is 10.3. The normalized spacial score (nSPS) is 11.2. The van der Waals surface area contributed by atoms with Crippen LogP contribution in [0.25, 0.3) is 0 Å². The highest BCUT2D eigenvalue weighted by molar-refractivity contribution is 6.28. The topological polar surface area (TPSA) is 86.0 Å². The van der Waals surface area contributed by atoms with E-state index in [4.69, 9.17) is 17.3 Å². The first-order chi connectivity index (χ1) is 9.33. The second kappa shape index (κ2) is 5.37. The van der Waals surface area contributed by atoms with Gasteiger partial charge in [0.25, 0.3) is 0 Å². The quantitative estimate of drug-likeness (QED) is 0.907. The third-order valence-electron chi connectivity index (χ3n) is 1.98. The Balaban J connectivity index is 2.29. The van der Waals surface area contributed by atoms with E-state index in [0.29, 0.717) is 0 Å². The lowest BCUT2D eigenvalue weighted by Gasteiger charge is -2.13. The average molecular weight is 306 g/mol. The molecule has 1 aromatic heterocycles. The van der Waals surface area contributed by atoms with E-state index in [-0.39, 0.29) is 22.9 Å². The van der Waals surface area contributed by atoms with E-state index in [0.717, 1.165) is 6.07 Å². The summed E-state index contributed by atoms with van der Waals surface area (Å²) in [6.07, 6.45) is -4.81. The first kappa shape index (κ1) is 14.1. The maximum absolute atomic E-state index is 12.3. The molecule has 106 valence electrons. The molecule has 0 aliphatic carbocycles. The van der Waals surface area contributed by atoms with Crippen LogP contribution in [0.1, 0.15) is 0 Å². The molecule has 6 nitrogen and oxygen atoms in total. The van der Waals surface area contributed by atoms with Crippen LogP contribution in [-0.2, 0) is 0 Å². The fourth-order valence-corrected chi connectivity index (χ4v) is 1.49. The number of alkyl halides is 3. The van der Waals surface area contributed by atoms with E-state index in [2.05, 4.69) is 25.0 Å². The van der Waals surface area contributed by atoms with E-state index in [9.17, 15) is 13.2 Å². The molecule has 0 saturated heterocycles. The van der Waals surface area contributed by atoms with Crippen LogP contribution in [0.4, 0.5) is 30.8 Å². The Morgan fingerprint density at radius 1 is 1.15 bits per heavy atom. The van der Waals surface area contributed by atoms with Crippen molar-refractivity contribution in [3.63, 3.8) is 0 Å². The minimum Gasteiger partial charge on any atom is -0.404 e. The van der Waals surface area contributed by atoms with Gasteiger partial charge in [-0.25, -0.2) is 0 Å². The fraction of sp³-hybridized carbons (Fsp3) is 0.100. The Bertz CT molecular complexity index is 602. The minimum atomic E-state index is -4.81. The largest absolute Gasteiger partial charge is 0.573 e. The van der Waals surface area contributed by atoms with Gasteiger partial charge >= 0.3 is 6.36 Å². The number of halogens is 4. The van der Waals surface area contributed by atoms with Gasteiger partial charge in [0, 0.05) is 0 Å². The molecular weight excluding hydrogens is 299 g/mol. The van der Waals surface area contributed by atoms with Crippen LogP contribution in [0.15, 0.2) is 24.3 Å². The zero-order valence-corrected chi connectivity index (χ0v) is 10.4. The van der Waals surface area contributed by atoms with Crippen molar-refractivity contribution in [3.8, 4) is 5.75 Å². The van der Waals surface area contributed by atoms with Crippen LogP contribution >= 0.6 is 11.6 Å². The van der Waals surface area contributed by atoms with Crippen LogP contribution in [-0.4, -0.2) is 21.3 Å². The summed E-state index contributed by atoms with van der Waals surface area (Å²) in [5.41, 5.74) is 5.36. The summed E-state index contributed by atoms with van der Waals surface area (Å²) in [4.78, 5) is 10.9. The molecule has 0 bridgehead atoms. The molecule has 0 aliphatic heterocycles. The van der Waals surface area contributed by atoms with Gasteiger partial charge in [-0.15, -0.1) is 13.2 Å². The Kier molecular flexibility index (Phi) is 3.79. The molecule has 20 heavy (non-hydrogen) atoms. The Morgan fingerprint density at radius 3 is 2.50 bits per heavy atom. The van der Waals surface area contributed by atoms with Gasteiger partial charge in [-0.1, -0.05) is 12.1 Å².